The first-order valence-corrected chi connectivity index (χ1v) is 4.82. The highest BCUT2D eigenvalue weighted by Crippen LogP contribution is 2.35. The monoisotopic (exact) mass is 253 g/mol. The summed E-state index contributed by atoms with van der Waals surface area (Å²) >= 11 is 0. The van der Waals surface area contributed by atoms with Gasteiger partial charge in [-0.05, 0) is 30.3 Å². The molecule has 1 N–H and O–H groups in total. The highest BCUT2D eigenvalue weighted by molar-refractivity contribution is 5.62. The summed E-state index contributed by atoms with van der Waals surface area (Å²) in [6.07, 6.45) is -4.56. The summed E-state index contributed by atoms with van der Waals surface area (Å²) < 4.78 is 42.6. The van der Waals surface area contributed by atoms with Gasteiger partial charge in [-0.2, -0.15) is 18.4 Å². The van der Waals surface area contributed by atoms with Crippen LogP contribution < -0.4 is 0 Å². The number of aromatic hydroxyl groups is 1. The van der Waals surface area contributed by atoms with E-state index in [1.807, 2.05) is 0 Å². The van der Waals surface area contributed by atoms with Crippen LogP contribution in [-0.2, 0) is 6.18 Å². The zero-order chi connectivity index (χ0) is 13.3. The van der Waals surface area contributed by atoms with Gasteiger partial charge in [-0.15, -0.1) is 0 Å². The van der Waals surface area contributed by atoms with Crippen molar-refractivity contribution in [1.82, 2.24) is 0 Å². The van der Waals surface area contributed by atoms with E-state index >= 15 is 0 Å². The number of hydrogen-bond donors (Lipinski definition) is 1. The molecule has 0 spiro atoms. The zero-order valence-electron chi connectivity index (χ0n) is 8.82. The minimum atomic E-state index is -4.56. The maximum Gasteiger partial charge on any atom is 0.416 e. The topological polar surface area (TPSA) is 57.2 Å². The largest absolute Gasteiger partial charge is 0.508 e. The molecule has 1 aromatic heterocycles. The molecule has 0 fully saturated rings. The van der Waals surface area contributed by atoms with Crippen molar-refractivity contribution in [2.45, 2.75) is 6.18 Å². The van der Waals surface area contributed by atoms with Gasteiger partial charge in [-0.3, -0.25) is 0 Å². The first-order chi connectivity index (χ1) is 8.40. The van der Waals surface area contributed by atoms with Crippen LogP contribution in [0, 0.1) is 11.3 Å². The lowest BCUT2D eigenvalue weighted by atomic mass is 10.1. The molecule has 92 valence electrons. The Kier molecular flexibility index (Phi) is 2.75. The molecule has 6 heteroatoms. The summed E-state index contributed by atoms with van der Waals surface area (Å²) in [5.41, 5.74) is -0.920. The maximum atomic E-state index is 12.5. The minimum absolute atomic E-state index is 0.0121. The molecule has 0 bridgehead atoms. The Morgan fingerprint density at radius 3 is 2.44 bits per heavy atom. The van der Waals surface area contributed by atoms with Crippen LogP contribution >= 0.6 is 0 Å². The summed E-state index contributed by atoms with van der Waals surface area (Å²) in [7, 11) is 0. The fourth-order valence-corrected chi connectivity index (χ4v) is 1.47. The highest BCUT2D eigenvalue weighted by atomic mass is 19.4. The highest BCUT2D eigenvalue weighted by Gasteiger charge is 2.31. The van der Waals surface area contributed by atoms with Gasteiger partial charge in [0, 0.05) is 5.56 Å². The van der Waals surface area contributed by atoms with Crippen molar-refractivity contribution in [1.29, 1.82) is 5.26 Å². The molecule has 0 aliphatic carbocycles. The van der Waals surface area contributed by atoms with Gasteiger partial charge in [0.2, 0.25) is 5.76 Å². The molecule has 2 rings (SSSR count). The van der Waals surface area contributed by atoms with E-state index < -0.39 is 17.5 Å². The van der Waals surface area contributed by atoms with Crippen molar-refractivity contribution in [3.8, 4) is 23.1 Å². The zero-order valence-corrected chi connectivity index (χ0v) is 8.82. The molecule has 0 aliphatic rings. The van der Waals surface area contributed by atoms with E-state index in [1.165, 1.54) is 12.1 Å². The summed E-state index contributed by atoms with van der Waals surface area (Å²) in [5.74, 6) is -0.440. The molecule has 0 aliphatic heterocycles. The second-order valence-electron chi connectivity index (χ2n) is 3.54. The van der Waals surface area contributed by atoms with Gasteiger partial charge >= 0.3 is 6.18 Å². The molecule has 0 saturated heterocycles. The van der Waals surface area contributed by atoms with E-state index in [-0.39, 0.29) is 17.1 Å². The lowest BCUT2D eigenvalue weighted by Gasteiger charge is -2.08. The van der Waals surface area contributed by atoms with E-state index in [0.717, 1.165) is 12.1 Å². The molecule has 3 nitrogen and oxygen atoms in total. The number of phenolic OH excluding ortho intramolecular Hbond substituents is 1. The van der Waals surface area contributed by atoms with Crippen LogP contribution in [0.1, 0.15) is 11.3 Å². The van der Waals surface area contributed by atoms with Crippen LogP contribution in [0.2, 0.25) is 0 Å². The van der Waals surface area contributed by atoms with Gasteiger partial charge in [0.15, 0.2) is 0 Å². The van der Waals surface area contributed by atoms with Gasteiger partial charge in [0.05, 0.1) is 5.56 Å². The van der Waals surface area contributed by atoms with Crippen molar-refractivity contribution < 1.29 is 22.7 Å². The third kappa shape index (κ3) is 2.30. The fraction of sp³-hybridized carbons (Fsp3) is 0.0833. The molecular formula is C12H6F3NO2. The molecule has 0 saturated carbocycles. The van der Waals surface area contributed by atoms with E-state index in [1.54, 1.807) is 6.07 Å². The van der Waals surface area contributed by atoms with Crippen molar-refractivity contribution in [2.24, 2.45) is 0 Å². The Morgan fingerprint density at radius 1 is 1.17 bits per heavy atom. The van der Waals surface area contributed by atoms with Crippen LogP contribution in [0.15, 0.2) is 34.7 Å². The van der Waals surface area contributed by atoms with E-state index in [4.69, 9.17) is 9.68 Å². The first kappa shape index (κ1) is 12.0. The van der Waals surface area contributed by atoms with Crippen LogP contribution in [0.25, 0.3) is 11.3 Å². The Hall–Kier alpha value is -2.42. The van der Waals surface area contributed by atoms with Crippen LogP contribution in [0.5, 0.6) is 5.75 Å². The Morgan fingerprint density at radius 2 is 1.89 bits per heavy atom. The third-order valence-electron chi connectivity index (χ3n) is 2.25. The molecule has 0 unspecified atom stereocenters. The van der Waals surface area contributed by atoms with Crippen molar-refractivity contribution >= 4 is 0 Å². The molecule has 1 heterocycles. The van der Waals surface area contributed by atoms with Gasteiger partial charge in [0.25, 0.3) is 0 Å². The SMILES string of the molecule is N#Cc1ccc(-c2cc(O)cc(C(F)(F)F)c2)o1. The van der Waals surface area contributed by atoms with Crippen LogP contribution in [-0.4, -0.2) is 5.11 Å². The van der Waals surface area contributed by atoms with Gasteiger partial charge in [0.1, 0.15) is 17.6 Å². The summed E-state index contributed by atoms with van der Waals surface area (Å²) in [4.78, 5) is 0. The number of benzene rings is 1. The van der Waals surface area contributed by atoms with Gasteiger partial charge in [-0.1, -0.05) is 0 Å². The molecule has 18 heavy (non-hydrogen) atoms. The number of furan rings is 1. The number of alkyl halides is 3. The maximum absolute atomic E-state index is 12.5. The smallest absolute Gasteiger partial charge is 0.416 e. The quantitative estimate of drug-likeness (QED) is 0.845. The van der Waals surface area contributed by atoms with Crippen molar-refractivity contribution in [2.75, 3.05) is 0 Å². The average molecular weight is 253 g/mol. The van der Waals surface area contributed by atoms with Crippen LogP contribution in [0.3, 0.4) is 0 Å². The predicted octanol–water partition coefficient (Wildman–Crippen LogP) is 3.54. The number of hydrogen-bond acceptors (Lipinski definition) is 3. The Labute approximate surface area is 99.7 Å². The number of phenols is 1. The molecule has 2 aromatic rings. The average Bonchev–Trinajstić information content (AvgIpc) is 2.75. The number of rotatable bonds is 1. The number of halogens is 3. The second kappa shape index (κ2) is 4.11. The molecule has 0 amide bonds. The second-order valence-corrected chi connectivity index (χ2v) is 3.54. The van der Waals surface area contributed by atoms with Crippen molar-refractivity contribution in [3.05, 3.63) is 41.7 Å². The molecule has 0 radical (unpaired) electrons. The third-order valence-corrected chi connectivity index (χ3v) is 2.25. The van der Waals surface area contributed by atoms with E-state index in [9.17, 15) is 18.3 Å². The molecule has 1 aromatic carbocycles. The van der Waals surface area contributed by atoms with Gasteiger partial charge < -0.3 is 9.52 Å². The Balaban J connectivity index is 2.52. The summed E-state index contributed by atoms with van der Waals surface area (Å²) in [6.45, 7) is 0. The molecular weight excluding hydrogens is 247 g/mol. The Bertz CT molecular complexity index is 623. The predicted molar refractivity (Wildman–Crippen MR) is 55.5 cm³/mol. The van der Waals surface area contributed by atoms with E-state index in [0.29, 0.717) is 6.07 Å². The first-order valence-electron chi connectivity index (χ1n) is 4.82. The van der Waals surface area contributed by atoms with Crippen molar-refractivity contribution in [3.63, 3.8) is 0 Å². The number of nitrogens with zero attached hydrogens (tertiary/aromatic N) is 1. The number of nitriles is 1. The summed E-state index contributed by atoms with van der Waals surface area (Å²) in [5, 5.41) is 17.8. The van der Waals surface area contributed by atoms with E-state index in [2.05, 4.69) is 0 Å². The standard InChI is InChI=1S/C12H6F3NO2/c13-12(14,15)8-3-7(4-9(17)5-8)11-2-1-10(6-16)18-11/h1-5,17H. The van der Waals surface area contributed by atoms with Crippen LogP contribution in [0.4, 0.5) is 13.2 Å². The normalized spacial score (nSPS) is 11.2. The summed E-state index contributed by atoms with van der Waals surface area (Å²) in [6, 6.07) is 7.04. The minimum Gasteiger partial charge on any atom is -0.508 e. The lowest BCUT2D eigenvalue weighted by molar-refractivity contribution is -0.137. The lowest BCUT2D eigenvalue weighted by Crippen LogP contribution is -2.04. The fourth-order valence-electron chi connectivity index (χ4n) is 1.47. The van der Waals surface area contributed by atoms with Gasteiger partial charge in [-0.25, -0.2) is 0 Å². The molecule has 0 atom stereocenters.